The van der Waals surface area contributed by atoms with Gasteiger partial charge in [-0.15, -0.1) is 0 Å². The van der Waals surface area contributed by atoms with E-state index in [-0.39, 0.29) is 11.9 Å². The molecule has 162 valence electrons. The van der Waals surface area contributed by atoms with E-state index >= 15 is 0 Å². The van der Waals surface area contributed by atoms with Crippen molar-refractivity contribution < 1.29 is 4.79 Å². The van der Waals surface area contributed by atoms with Crippen molar-refractivity contribution in [3.8, 4) is 11.3 Å². The van der Waals surface area contributed by atoms with Gasteiger partial charge in [0.2, 0.25) is 0 Å². The number of carbonyl (C=O) groups excluding carboxylic acids is 1. The Morgan fingerprint density at radius 2 is 1.97 bits per heavy atom. The fraction of sp³-hybridized carbons (Fsp3) is 0.292. The zero-order chi connectivity index (χ0) is 22.2. The minimum atomic E-state index is -0.134. The van der Waals surface area contributed by atoms with Crippen LogP contribution in [0.25, 0.3) is 11.3 Å². The van der Waals surface area contributed by atoms with Gasteiger partial charge in [0, 0.05) is 47.7 Å². The number of aromatic nitrogens is 6. The molecule has 0 radical (unpaired) electrons. The zero-order valence-electron chi connectivity index (χ0n) is 18.4. The van der Waals surface area contributed by atoms with E-state index in [1.807, 2.05) is 40.9 Å². The molecule has 32 heavy (non-hydrogen) atoms. The van der Waals surface area contributed by atoms with Crippen molar-refractivity contribution >= 4 is 5.91 Å². The smallest absolute Gasteiger partial charge is 0.274 e. The maximum Gasteiger partial charge on any atom is 0.274 e. The molecule has 1 amide bonds. The fourth-order valence-corrected chi connectivity index (χ4v) is 4.14. The second-order valence-electron chi connectivity index (χ2n) is 8.40. The van der Waals surface area contributed by atoms with E-state index in [1.54, 1.807) is 18.6 Å². The summed E-state index contributed by atoms with van der Waals surface area (Å²) >= 11 is 0. The van der Waals surface area contributed by atoms with Crippen molar-refractivity contribution in [3.05, 3.63) is 83.6 Å². The minimum absolute atomic E-state index is 0.134. The molecule has 8 heteroatoms. The van der Waals surface area contributed by atoms with Crippen molar-refractivity contribution in [2.45, 2.75) is 46.4 Å². The lowest BCUT2D eigenvalue weighted by atomic mass is 10.1. The number of nitrogens with zero attached hydrogens (tertiary/aromatic N) is 7. The Morgan fingerprint density at radius 1 is 1.09 bits per heavy atom. The number of amides is 1. The summed E-state index contributed by atoms with van der Waals surface area (Å²) in [6.07, 6.45) is 9.07. The maximum absolute atomic E-state index is 13.4. The zero-order valence-corrected chi connectivity index (χ0v) is 18.4. The summed E-state index contributed by atoms with van der Waals surface area (Å²) in [5.41, 5.74) is 6.15. The molecule has 0 bridgehead atoms. The molecule has 1 aliphatic rings. The third kappa shape index (κ3) is 3.68. The van der Waals surface area contributed by atoms with Crippen LogP contribution in [0.2, 0.25) is 0 Å². The summed E-state index contributed by atoms with van der Waals surface area (Å²) in [5.74, 6) is -0.134. The molecule has 0 saturated heterocycles. The van der Waals surface area contributed by atoms with Gasteiger partial charge in [0.05, 0.1) is 42.9 Å². The molecular weight excluding hydrogens is 402 g/mol. The van der Waals surface area contributed by atoms with Crippen molar-refractivity contribution in [2.75, 3.05) is 0 Å². The number of carbonyl (C=O) groups is 1. The molecule has 4 aromatic rings. The van der Waals surface area contributed by atoms with Gasteiger partial charge in [0.1, 0.15) is 5.69 Å². The van der Waals surface area contributed by atoms with Crippen LogP contribution in [-0.2, 0) is 19.6 Å². The van der Waals surface area contributed by atoms with Gasteiger partial charge in [-0.3, -0.25) is 19.4 Å². The molecule has 5 rings (SSSR count). The molecule has 0 saturated carbocycles. The average Bonchev–Trinajstić information content (AvgIpc) is 3.34. The van der Waals surface area contributed by atoms with Gasteiger partial charge in [-0.25, -0.2) is 4.98 Å². The number of hydrogen-bond acceptors (Lipinski definition) is 5. The van der Waals surface area contributed by atoms with Crippen molar-refractivity contribution in [1.29, 1.82) is 0 Å². The SMILES string of the molecule is Cc1cnc(C(=O)N2Cc3cn(Cc4ccccn4)nc3-c3ccn(C(C)C)c3C2)cn1. The van der Waals surface area contributed by atoms with Gasteiger partial charge in [0.15, 0.2) is 0 Å². The molecule has 5 heterocycles. The summed E-state index contributed by atoms with van der Waals surface area (Å²) in [6, 6.07) is 8.23. The molecule has 0 aromatic carbocycles. The lowest BCUT2D eigenvalue weighted by Gasteiger charge is -2.22. The van der Waals surface area contributed by atoms with E-state index in [9.17, 15) is 4.79 Å². The first-order valence-corrected chi connectivity index (χ1v) is 10.7. The molecule has 0 unspecified atom stereocenters. The van der Waals surface area contributed by atoms with Gasteiger partial charge < -0.3 is 9.47 Å². The Hall–Kier alpha value is -3.81. The predicted molar refractivity (Wildman–Crippen MR) is 120 cm³/mol. The number of fused-ring (bicyclic) bond motifs is 3. The van der Waals surface area contributed by atoms with Crippen molar-refractivity contribution in [1.82, 2.24) is 34.2 Å². The van der Waals surface area contributed by atoms with Crippen LogP contribution in [0.3, 0.4) is 0 Å². The predicted octanol–water partition coefficient (Wildman–Crippen LogP) is 3.63. The Labute approximate surface area is 186 Å². The summed E-state index contributed by atoms with van der Waals surface area (Å²) in [5, 5.41) is 4.90. The highest BCUT2D eigenvalue weighted by molar-refractivity contribution is 5.92. The number of rotatable bonds is 4. The second-order valence-corrected chi connectivity index (χ2v) is 8.40. The van der Waals surface area contributed by atoms with Gasteiger partial charge in [-0.1, -0.05) is 6.07 Å². The molecule has 0 atom stereocenters. The minimum Gasteiger partial charge on any atom is -0.347 e. The molecule has 4 aromatic heterocycles. The summed E-state index contributed by atoms with van der Waals surface area (Å²) in [6.45, 7) is 7.67. The fourth-order valence-electron chi connectivity index (χ4n) is 4.14. The average molecular weight is 428 g/mol. The maximum atomic E-state index is 13.4. The van der Waals surface area contributed by atoms with Crippen LogP contribution in [0.5, 0.6) is 0 Å². The number of pyridine rings is 1. The van der Waals surface area contributed by atoms with E-state index < -0.39 is 0 Å². The van der Waals surface area contributed by atoms with E-state index in [0.717, 1.165) is 33.9 Å². The molecule has 8 nitrogen and oxygen atoms in total. The number of hydrogen-bond donors (Lipinski definition) is 0. The first-order valence-electron chi connectivity index (χ1n) is 10.7. The van der Waals surface area contributed by atoms with Crippen LogP contribution in [0, 0.1) is 6.92 Å². The van der Waals surface area contributed by atoms with E-state index in [1.165, 1.54) is 0 Å². The van der Waals surface area contributed by atoms with Gasteiger partial charge in [-0.2, -0.15) is 5.10 Å². The van der Waals surface area contributed by atoms with Crippen LogP contribution >= 0.6 is 0 Å². The Balaban J connectivity index is 1.56. The Kier molecular flexibility index (Phi) is 5.05. The van der Waals surface area contributed by atoms with Crippen LogP contribution in [0.4, 0.5) is 0 Å². The lowest BCUT2D eigenvalue weighted by molar-refractivity contribution is 0.0721. The third-order valence-corrected chi connectivity index (χ3v) is 5.71. The molecule has 0 aliphatic carbocycles. The molecule has 0 fully saturated rings. The molecule has 0 spiro atoms. The number of aryl methyl sites for hydroxylation is 1. The van der Waals surface area contributed by atoms with Gasteiger partial charge >= 0.3 is 0 Å². The first kappa shape index (κ1) is 20.1. The highest BCUT2D eigenvalue weighted by Gasteiger charge is 2.29. The van der Waals surface area contributed by atoms with Crippen molar-refractivity contribution in [3.63, 3.8) is 0 Å². The quantitative estimate of drug-likeness (QED) is 0.497. The monoisotopic (exact) mass is 427 g/mol. The Morgan fingerprint density at radius 3 is 2.69 bits per heavy atom. The molecule has 1 aliphatic heterocycles. The summed E-state index contributed by atoms with van der Waals surface area (Å²) in [7, 11) is 0. The van der Waals surface area contributed by atoms with Gasteiger partial charge in [-0.05, 0) is 39.0 Å². The van der Waals surface area contributed by atoms with Crippen LogP contribution in [0.1, 0.15) is 53.0 Å². The van der Waals surface area contributed by atoms with Crippen LogP contribution in [-0.4, -0.2) is 40.1 Å². The Bertz CT molecular complexity index is 1260. The first-order chi connectivity index (χ1) is 15.5. The summed E-state index contributed by atoms with van der Waals surface area (Å²) < 4.78 is 4.12. The third-order valence-electron chi connectivity index (χ3n) is 5.71. The highest BCUT2D eigenvalue weighted by Crippen LogP contribution is 2.34. The standard InChI is InChI=1S/C24H25N7O/c1-16(2)31-9-7-20-22(31)15-29(24(32)21-11-26-17(3)10-27-21)12-18-13-30(28-23(18)20)14-19-6-4-5-8-25-19/h4-11,13,16H,12,14-15H2,1-3H3. The largest absolute Gasteiger partial charge is 0.347 e. The second kappa shape index (κ2) is 8.03. The molecule has 0 N–H and O–H groups in total. The van der Waals surface area contributed by atoms with E-state index in [2.05, 4.69) is 45.6 Å². The van der Waals surface area contributed by atoms with E-state index in [4.69, 9.17) is 5.10 Å². The van der Waals surface area contributed by atoms with E-state index in [0.29, 0.717) is 25.3 Å². The highest BCUT2D eigenvalue weighted by atomic mass is 16.2. The topological polar surface area (TPSA) is 81.7 Å². The summed E-state index contributed by atoms with van der Waals surface area (Å²) in [4.78, 5) is 28.2. The van der Waals surface area contributed by atoms with Gasteiger partial charge in [0.25, 0.3) is 5.91 Å². The normalized spacial score (nSPS) is 13.1. The van der Waals surface area contributed by atoms with Crippen LogP contribution < -0.4 is 0 Å². The molecular formula is C24H25N7O. The lowest BCUT2D eigenvalue weighted by Crippen LogP contribution is -2.31. The van der Waals surface area contributed by atoms with Crippen LogP contribution in [0.15, 0.2) is 55.2 Å². The van der Waals surface area contributed by atoms with Crippen molar-refractivity contribution in [2.24, 2.45) is 0 Å².